The largest absolute Gasteiger partial charge is 0.507 e. The summed E-state index contributed by atoms with van der Waals surface area (Å²) in [5.74, 6) is -0.304. The maximum absolute atomic E-state index is 12.9. The third-order valence-electron chi connectivity index (χ3n) is 5.33. The highest BCUT2D eigenvalue weighted by Crippen LogP contribution is 2.33. The molecule has 1 N–H and O–H groups in total. The van der Waals surface area contributed by atoms with Crippen molar-refractivity contribution in [3.63, 3.8) is 0 Å². The number of hydrogen-bond donors (Lipinski definition) is 1. The summed E-state index contributed by atoms with van der Waals surface area (Å²) >= 11 is 6.42. The van der Waals surface area contributed by atoms with Gasteiger partial charge in [-0.3, -0.25) is 14.8 Å². The molecule has 0 bridgehead atoms. The lowest BCUT2D eigenvalue weighted by atomic mass is 10.0. The molecule has 6 nitrogen and oxygen atoms in total. The van der Waals surface area contributed by atoms with Crippen LogP contribution in [0.4, 0.5) is 0 Å². The first-order chi connectivity index (χ1) is 14.6. The van der Waals surface area contributed by atoms with E-state index in [0.717, 1.165) is 28.3 Å². The Morgan fingerprint density at radius 1 is 1.19 bits per heavy atom. The zero-order valence-electron chi connectivity index (χ0n) is 19.3. The number of morpholine rings is 1. The fourth-order valence-corrected chi connectivity index (χ4v) is 3.38. The molecular weight excluding hydrogens is 414 g/mol. The van der Waals surface area contributed by atoms with Crippen molar-refractivity contribution in [2.24, 2.45) is 9.98 Å². The van der Waals surface area contributed by atoms with Crippen LogP contribution in [0.25, 0.3) is 0 Å². The van der Waals surface area contributed by atoms with Gasteiger partial charge < -0.3 is 14.7 Å². The number of aromatic hydroxyl groups is 1. The van der Waals surface area contributed by atoms with E-state index in [-0.39, 0.29) is 17.2 Å². The smallest absolute Gasteiger partial charge is 0.257 e. The Morgan fingerprint density at radius 2 is 1.84 bits per heavy atom. The SMILES string of the molecule is CN=C(C)/C=C(/C)C(C)=NC(Cc1c(Cl)ccc(C(=O)N2CCOCC2)c1O)=C(C)C. The molecule has 0 unspecified atom stereocenters. The molecule has 0 radical (unpaired) electrons. The summed E-state index contributed by atoms with van der Waals surface area (Å²) in [6.45, 7) is 11.8. The van der Waals surface area contributed by atoms with E-state index in [2.05, 4.69) is 4.99 Å². The lowest BCUT2D eigenvalue weighted by Crippen LogP contribution is -2.40. The number of halogens is 1. The Morgan fingerprint density at radius 3 is 2.42 bits per heavy atom. The highest BCUT2D eigenvalue weighted by Gasteiger charge is 2.24. The molecule has 2 rings (SSSR count). The molecule has 168 valence electrons. The zero-order chi connectivity index (χ0) is 23.1. The molecule has 1 aliphatic heterocycles. The average Bonchev–Trinajstić information content (AvgIpc) is 2.75. The van der Waals surface area contributed by atoms with Crippen LogP contribution in [0.1, 0.15) is 50.5 Å². The second-order valence-corrected chi connectivity index (χ2v) is 8.25. The molecule has 1 fully saturated rings. The number of nitrogens with zero attached hydrogens (tertiary/aromatic N) is 3. The number of rotatable bonds is 6. The number of ether oxygens (including phenoxy) is 1. The molecule has 7 heteroatoms. The normalized spacial score (nSPS) is 15.8. The van der Waals surface area contributed by atoms with E-state index in [1.807, 2.05) is 40.7 Å². The second-order valence-electron chi connectivity index (χ2n) is 7.84. The van der Waals surface area contributed by atoms with Crippen LogP contribution in [0.5, 0.6) is 5.75 Å². The first kappa shape index (κ1) is 24.8. The van der Waals surface area contributed by atoms with Gasteiger partial charge in [-0.25, -0.2) is 0 Å². The average molecular weight is 446 g/mol. The van der Waals surface area contributed by atoms with Crippen LogP contribution in [0, 0.1) is 0 Å². The number of allylic oxidation sites excluding steroid dienone is 4. The Balaban J connectivity index is 2.38. The van der Waals surface area contributed by atoms with Gasteiger partial charge in [0.05, 0.1) is 18.8 Å². The van der Waals surface area contributed by atoms with Crippen LogP contribution in [-0.2, 0) is 11.2 Å². The van der Waals surface area contributed by atoms with Crippen LogP contribution in [-0.4, -0.2) is 60.7 Å². The van der Waals surface area contributed by atoms with E-state index in [1.165, 1.54) is 0 Å². The van der Waals surface area contributed by atoms with Gasteiger partial charge in [-0.05, 0) is 58.4 Å². The molecule has 1 saturated heterocycles. The van der Waals surface area contributed by atoms with E-state index < -0.39 is 0 Å². The number of phenolic OH excluding ortho intramolecular Hbond substituents is 1. The highest BCUT2D eigenvalue weighted by molar-refractivity contribution is 6.31. The van der Waals surface area contributed by atoms with Gasteiger partial charge >= 0.3 is 0 Å². The molecule has 0 aromatic heterocycles. The van der Waals surface area contributed by atoms with Crippen LogP contribution < -0.4 is 0 Å². The zero-order valence-corrected chi connectivity index (χ0v) is 20.0. The third kappa shape index (κ3) is 6.52. The summed E-state index contributed by atoms with van der Waals surface area (Å²) in [4.78, 5) is 23.6. The van der Waals surface area contributed by atoms with E-state index in [4.69, 9.17) is 21.3 Å². The maximum Gasteiger partial charge on any atom is 0.257 e. The van der Waals surface area contributed by atoms with Gasteiger partial charge in [0.15, 0.2) is 0 Å². The molecule has 1 amide bonds. The topological polar surface area (TPSA) is 74.5 Å². The summed E-state index contributed by atoms with van der Waals surface area (Å²) in [5.41, 5.74) is 5.34. The van der Waals surface area contributed by atoms with Gasteiger partial charge in [0.1, 0.15) is 5.75 Å². The van der Waals surface area contributed by atoms with E-state index in [1.54, 1.807) is 24.1 Å². The first-order valence-electron chi connectivity index (χ1n) is 10.4. The monoisotopic (exact) mass is 445 g/mol. The minimum absolute atomic E-state index is 0.0863. The summed E-state index contributed by atoms with van der Waals surface area (Å²) in [7, 11) is 1.75. The Hall–Kier alpha value is -2.44. The number of carbonyl (C=O) groups is 1. The van der Waals surface area contributed by atoms with Crippen LogP contribution in [0.2, 0.25) is 5.02 Å². The van der Waals surface area contributed by atoms with Gasteiger partial charge in [-0.1, -0.05) is 17.2 Å². The lowest BCUT2D eigenvalue weighted by Gasteiger charge is -2.27. The minimum atomic E-state index is -0.217. The summed E-state index contributed by atoms with van der Waals surface area (Å²) in [6, 6.07) is 3.24. The Labute approximate surface area is 190 Å². The molecular formula is C24H32ClN3O3. The van der Waals surface area contributed by atoms with Crippen molar-refractivity contribution < 1.29 is 14.6 Å². The summed E-state index contributed by atoms with van der Waals surface area (Å²) in [6.07, 6.45) is 2.30. The fraction of sp³-hybridized carbons (Fsp3) is 0.458. The molecule has 0 saturated carbocycles. The minimum Gasteiger partial charge on any atom is -0.507 e. The van der Waals surface area contributed by atoms with Gasteiger partial charge in [0.25, 0.3) is 5.91 Å². The van der Waals surface area contributed by atoms with Crippen LogP contribution in [0.3, 0.4) is 0 Å². The molecule has 1 aromatic carbocycles. The number of phenols is 1. The lowest BCUT2D eigenvalue weighted by molar-refractivity contribution is 0.0301. The van der Waals surface area contributed by atoms with Crippen LogP contribution >= 0.6 is 11.6 Å². The predicted molar refractivity (Wildman–Crippen MR) is 128 cm³/mol. The van der Waals surface area contributed by atoms with Crippen molar-refractivity contribution in [2.75, 3.05) is 33.4 Å². The second kappa shape index (κ2) is 11.3. The van der Waals surface area contributed by atoms with Crippen molar-refractivity contribution in [1.29, 1.82) is 0 Å². The van der Waals surface area contributed by atoms with Crippen LogP contribution in [0.15, 0.2) is 45.0 Å². The summed E-state index contributed by atoms with van der Waals surface area (Å²) in [5, 5.41) is 11.3. The number of benzene rings is 1. The van der Waals surface area contributed by atoms with E-state index >= 15 is 0 Å². The first-order valence-corrected chi connectivity index (χ1v) is 10.7. The molecule has 0 spiro atoms. The van der Waals surface area contributed by atoms with E-state index in [9.17, 15) is 9.90 Å². The Kier molecular flexibility index (Phi) is 9.01. The number of hydrogen-bond acceptors (Lipinski definition) is 5. The van der Waals surface area contributed by atoms with Gasteiger partial charge in [-0.2, -0.15) is 0 Å². The van der Waals surface area contributed by atoms with Gasteiger partial charge in [0.2, 0.25) is 0 Å². The van der Waals surface area contributed by atoms with Crippen molar-refractivity contribution in [1.82, 2.24) is 4.90 Å². The highest BCUT2D eigenvalue weighted by atomic mass is 35.5. The van der Waals surface area contributed by atoms with Gasteiger partial charge in [-0.15, -0.1) is 0 Å². The Bertz CT molecular complexity index is 951. The van der Waals surface area contributed by atoms with Crippen molar-refractivity contribution in [3.05, 3.63) is 51.2 Å². The predicted octanol–water partition coefficient (Wildman–Crippen LogP) is 4.85. The quantitative estimate of drug-likeness (QED) is 0.636. The molecule has 0 aliphatic carbocycles. The summed E-state index contributed by atoms with van der Waals surface area (Å²) < 4.78 is 5.31. The van der Waals surface area contributed by atoms with Crippen molar-refractivity contribution in [2.45, 2.75) is 41.0 Å². The molecule has 31 heavy (non-hydrogen) atoms. The van der Waals surface area contributed by atoms with Crippen molar-refractivity contribution >= 4 is 28.9 Å². The number of amides is 1. The maximum atomic E-state index is 12.9. The molecule has 1 aliphatic rings. The number of carbonyl (C=O) groups excluding carboxylic acids is 1. The molecule has 1 heterocycles. The number of aliphatic imine (C=N–C) groups is 2. The van der Waals surface area contributed by atoms with E-state index in [0.29, 0.717) is 43.3 Å². The van der Waals surface area contributed by atoms with Crippen molar-refractivity contribution in [3.8, 4) is 5.75 Å². The molecule has 1 aromatic rings. The fourth-order valence-electron chi connectivity index (χ4n) is 3.16. The third-order valence-corrected chi connectivity index (χ3v) is 5.68. The molecule has 0 atom stereocenters. The van der Waals surface area contributed by atoms with Gasteiger partial charge in [0, 0.05) is 54.3 Å². The standard InChI is InChI=1S/C24H32ClN3O3/c1-15(2)22(27-18(5)16(3)13-17(4)26-6)14-20-21(25)8-7-19(23(20)29)24(30)28-9-11-31-12-10-28/h7-8,13,29H,9-12,14H2,1-6H3/b16-13-,26-17?,27-18?.